The van der Waals surface area contributed by atoms with Gasteiger partial charge in [0.1, 0.15) is 23.4 Å². The smallest absolute Gasteiger partial charge is 0.127 e. The van der Waals surface area contributed by atoms with Crippen LogP contribution in [0, 0.1) is 10.8 Å². The van der Waals surface area contributed by atoms with Gasteiger partial charge in [-0.1, -0.05) is 0 Å². The third-order valence-electron chi connectivity index (χ3n) is 4.37. The summed E-state index contributed by atoms with van der Waals surface area (Å²) in [7, 11) is 4.13. The fourth-order valence-electron chi connectivity index (χ4n) is 3.10. The van der Waals surface area contributed by atoms with E-state index in [1.807, 2.05) is 42.5 Å². The quantitative estimate of drug-likeness (QED) is 0.737. The zero-order valence-corrected chi connectivity index (χ0v) is 15.3. The normalized spacial score (nSPS) is 15.9. The average Bonchev–Trinajstić information content (AvgIpc) is 2.62. The lowest BCUT2D eigenvalue weighted by Gasteiger charge is -2.28. The van der Waals surface area contributed by atoms with E-state index in [0.717, 1.165) is 42.2 Å². The number of likely N-dealkylation sites (N-methyl/N-ethyl adjacent to an activating group) is 1. The number of fused-ring (bicyclic) bond motifs is 1. The van der Waals surface area contributed by atoms with E-state index in [9.17, 15) is 0 Å². The second-order valence-electron chi connectivity index (χ2n) is 6.82. The fraction of sp³-hybridized carbons (Fsp3) is 0.333. The summed E-state index contributed by atoms with van der Waals surface area (Å²) in [5.74, 6) is 2.48. The Labute approximate surface area is 154 Å². The minimum atomic E-state index is 0.244. The number of rotatable bonds is 7. The molecule has 2 aromatic carbocycles. The van der Waals surface area contributed by atoms with Gasteiger partial charge in [0.15, 0.2) is 0 Å². The predicted octanol–water partition coefficient (Wildman–Crippen LogP) is 4.14. The van der Waals surface area contributed by atoms with Crippen molar-refractivity contribution in [2.45, 2.75) is 25.4 Å². The summed E-state index contributed by atoms with van der Waals surface area (Å²) in [6.45, 7) is 0.928. The Morgan fingerprint density at radius 3 is 2.62 bits per heavy atom. The lowest BCUT2D eigenvalue weighted by Crippen LogP contribution is -2.33. The van der Waals surface area contributed by atoms with Crippen molar-refractivity contribution in [3.8, 4) is 17.2 Å². The molecule has 26 heavy (non-hydrogen) atoms. The van der Waals surface area contributed by atoms with Crippen molar-refractivity contribution in [3.05, 3.63) is 53.6 Å². The average molecular weight is 351 g/mol. The molecule has 1 unspecified atom stereocenters. The molecule has 3 rings (SSSR count). The standard InChI is InChI=1S/C21H25N3O2/c1-24(2)14-19-8-5-16-13-18(9-10-21(16)26-19)25-17-6-3-15(4-7-17)20(23)11-12-22/h3-4,6-7,9-10,12-13,19,22-23H,5,8,11,14H2,1-2H3. The van der Waals surface area contributed by atoms with Crippen LogP contribution in [0.15, 0.2) is 42.5 Å². The first-order valence-electron chi connectivity index (χ1n) is 8.84. The first kappa shape index (κ1) is 18.1. The highest BCUT2D eigenvalue weighted by Gasteiger charge is 2.20. The monoisotopic (exact) mass is 351 g/mol. The SMILES string of the molecule is CN(C)CC1CCc2cc(Oc3ccc(C(=N)CC=N)cc3)ccc2O1. The van der Waals surface area contributed by atoms with Gasteiger partial charge in [-0.3, -0.25) is 0 Å². The van der Waals surface area contributed by atoms with E-state index in [1.54, 1.807) is 0 Å². The Balaban J connectivity index is 1.66. The number of nitrogens with one attached hydrogen (secondary N) is 2. The van der Waals surface area contributed by atoms with E-state index in [-0.39, 0.29) is 6.10 Å². The molecule has 2 N–H and O–H groups in total. The van der Waals surface area contributed by atoms with Gasteiger partial charge in [-0.05, 0) is 80.5 Å². The van der Waals surface area contributed by atoms with E-state index in [4.69, 9.17) is 20.3 Å². The maximum absolute atomic E-state index is 7.88. The molecule has 5 nitrogen and oxygen atoms in total. The topological polar surface area (TPSA) is 69.4 Å². The number of aryl methyl sites for hydroxylation is 1. The van der Waals surface area contributed by atoms with Crippen molar-refractivity contribution in [2.75, 3.05) is 20.6 Å². The number of hydrogen-bond acceptors (Lipinski definition) is 5. The van der Waals surface area contributed by atoms with Crippen LogP contribution in [0.3, 0.4) is 0 Å². The largest absolute Gasteiger partial charge is 0.489 e. The van der Waals surface area contributed by atoms with E-state index in [2.05, 4.69) is 19.0 Å². The number of ether oxygens (including phenoxy) is 2. The lowest BCUT2D eigenvalue weighted by atomic mass is 10.0. The predicted molar refractivity (Wildman–Crippen MR) is 104 cm³/mol. The second-order valence-corrected chi connectivity index (χ2v) is 6.82. The highest BCUT2D eigenvalue weighted by Crippen LogP contribution is 2.33. The van der Waals surface area contributed by atoms with Crippen LogP contribution in [0.4, 0.5) is 0 Å². The zero-order chi connectivity index (χ0) is 18.5. The molecule has 0 aromatic heterocycles. The molecule has 0 radical (unpaired) electrons. The van der Waals surface area contributed by atoms with Crippen molar-refractivity contribution in [1.29, 1.82) is 10.8 Å². The summed E-state index contributed by atoms with van der Waals surface area (Å²) in [5.41, 5.74) is 2.43. The van der Waals surface area contributed by atoms with Crippen molar-refractivity contribution < 1.29 is 9.47 Å². The number of nitrogens with zero attached hydrogens (tertiary/aromatic N) is 1. The molecular formula is C21H25N3O2. The third-order valence-corrected chi connectivity index (χ3v) is 4.37. The summed E-state index contributed by atoms with van der Waals surface area (Å²) in [4.78, 5) is 2.15. The van der Waals surface area contributed by atoms with Crippen molar-refractivity contribution >= 4 is 11.9 Å². The van der Waals surface area contributed by atoms with Gasteiger partial charge in [0.2, 0.25) is 0 Å². The highest BCUT2D eigenvalue weighted by atomic mass is 16.5. The first-order chi connectivity index (χ1) is 12.5. The van der Waals surface area contributed by atoms with Crippen LogP contribution in [0.2, 0.25) is 0 Å². The maximum atomic E-state index is 7.88. The fourth-order valence-corrected chi connectivity index (χ4v) is 3.10. The van der Waals surface area contributed by atoms with Crippen LogP contribution >= 0.6 is 0 Å². The van der Waals surface area contributed by atoms with Crippen molar-refractivity contribution in [3.63, 3.8) is 0 Å². The molecule has 0 saturated heterocycles. The number of benzene rings is 2. The zero-order valence-electron chi connectivity index (χ0n) is 15.3. The van der Waals surface area contributed by atoms with Gasteiger partial charge in [0, 0.05) is 24.9 Å². The number of hydrogen-bond donors (Lipinski definition) is 2. The van der Waals surface area contributed by atoms with Crippen molar-refractivity contribution in [1.82, 2.24) is 4.90 Å². The van der Waals surface area contributed by atoms with Gasteiger partial charge in [0.25, 0.3) is 0 Å². The minimum absolute atomic E-state index is 0.244. The summed E-state index contributed by atoms with van der Waals surface area (Å²) >= 11 is 0. The minimum Gasteiger partial charge on any atom is -0.489 e. The van der Waals surface area contributed by atoms with Gasteiger partial charge in [-0.2, -0.15) is 0 Å². The van der Waals surface area contributed by atoms with Gasteiger partial charge >= 0.3 is 0 Å². The molecule has 2 aromatic rings. The third kappa shape index (κ3) is 4.49. The van der Waals surface area contributed by atoms with Gasteiger partial charge in [0.05, 0.1) is 0 Å². The summed E-state index contributed by atoms with van der Waals surface area (Å²) < 4.78 is 12.0. The molecule has 136 valence electrons. The molecule has 5 heteroatoms. The van der Waals surface area contributed by atoms with Crippen LogP contribution < -0.4 is 9.47 Å². The summed E-state index contributed by atoms with van der Waals surface area (Å²) in [6, 6.07) is 13.4. The molecule has 0 amide bonds. The molecule has 0 aliphatic carbocycles. The maximum Gasteiger partial charge on any atom is 0.127 e. The molecule has 0 saturated carbocycles. The van der Waals surface area contributed by atoms with Gasteiger partial charge in [-0.25, -0.2) is 0 Å². The first-order valence-corrected chi connectivity index (χ1v) is 8.84. The molecule has 1 atom stereocenters. The summed E-state index contributed by atoms with van der Waals surface area (Å²) in [6.07, 6.45) is 3.83. The van der Waals surface area contributed by atoms with E-state index in [1.165, 1.54) is 11.8 Å². The Kier molecular flexibility index (Phi) is 5.68. The molecule has 1 aliphatic rings. The molecular weight excluding hydrogens is 326 g/mol. The van der Waals surface area contributed by atoms with Crippen molar-refractivity contribution in [2.24, 2.45) is 0 Å². The highest BCUT2D eigenvalue weighted by molar-refractivity contribution is 6.04. The molecule has 0 fully saturated rings. The Morgan fingerprint density at radius 2 is 1.92 bits per heavy atom. The van der Waals surface area contributed by atoms with Gasteiger partial charge < -0.3 is 25.2 Å². The Morgan fingerprint density at radius 1 is 1.19 bits per heavy atom. The van der Waals surface area contributed by atoms with Crippen LogP contribution in [-0.4, -0.2) is 43.6 Å². The van der Waals surface area contributed by atoms with Gasteiger partial charge in [-0.15, -0.1) is 0 Å². The molecule has 1 heterocycles. The van der Waals surface area contributed by atoms with Crippen LogP contribution in [-0.2, 0) is 6.42 Å². The van der Waals surface area contributed by atoms with Crippen LogP contribution in [0.1, 0.15) is 24.0 Å². The van der Waals surface area contributed by atoms with E-state index >= 15 is 0 Å². The summed E-state index contributed by atoms with van der Waals surface area (Å²) in [5, 5.41) is 15.0. The Bertz CT molecular complexity index is 784. The van der Waals surface area contributed by atoms with Crippen LogP contribution in [0.25, 0.3) is 0 Å². The lowest BCUT2D eigenvalue weighted by molar-refractivity contribution is 0.137. The Hall–Kier alpha value is -2.66. The van der Waals surface area contributed by atoms with Crippen LogP contribution in [0.5, 0.6) is 17.2 Å². The van der Waals surface area contributed by atoms with E-state index < -0.39 is 0 Å². The van der Waals surface area contributed by atoms with E-state index in [0.29, 0.717) is 12.1 Å². The second kappa shape index (κ2) is 8.15. The molecule has 0 spiro atoms. The molecule has 0 bridgehead atoms. The molecule has 1 aliphatic heterocycles.